The number of benzene rings is 1. The number of rotatable bonds is 0. The van der Waals surface area contributed by atoms with E-state index in [-0.39, 0.29) is 0 Å². The molecule has 0 amide bonds. The molecule has 0 bridgehead atoms. The molecule has 1 aliphatic rings. The molecule has 1 aromatic rings. The van der Waals surface area contributed by atoms with E-state index in [9.17, 15) is 0 Å². The summed E-state index contributed by atoms with van der Waals surface area (Å²) in [6.07, 6.45) is 0. The van der Waals surface area contributed by atoms with Gasteiger partial charge in [-0.05, 0) is 0 Å². The van der Waals surface area contributed by atoms with Crippen molar-refractivity contribution < 1.29 is 0 Å². The van der Waals surface area contributed by atoms with E-state index in [1.54, 1.807) is 0 Å². The molecular weight excluding hydrogens is 207 g/mol. The van der Waals surface area contributed by atoms with Gasteiger partial charge >= 0.3 is 72.2 Å². The SMILES string of the molecule is [Se]=C1SCc2ccccc21. The van der Waals surface area contributed by atoms with Crippen LogP contribution in [0, 0.1) is 0 Å². The zero-order valence-corrected chi connectivity index (χ0v) is 7.86. The van der Waals surface area contributed by atoms with Crippen LogP contribution in [0.4, 0.5) is 0 Å². The average molecular weight is 213 g/mol. The third-order valence-corrected chi connectivity index (χ3v) is 3.74. The molecule has 0 aliphatic carbocycles. The minimum atomic E-state index is 1.14. The molecule has 2 heteroatoms. The zero-order chi connectivity index (χ0) is 6.97. The number of thioether (sulfide) groups is 1. The van der Waals surface area contributed by atoms with Gasteiger partial charge in [0.25, 0.3) is 0 Å². The van der Waals surface area contributed by atoms with E-state index in [0.29, 0.717) is 0 Å². The molecule has 0 aromatic heterocycles. The van der Waals surface area contributed by atoms with Gasteiger partial charge in [0.15, 0.2) is 0 Å². The molecule has 0 N–H and O–H groups in total. The summed E-state index contributed by atoms with van der Waals surface area (Å²) in [5.41, 5.74) is 2.86. The van der Waals surface area contributed by atoms with Crippen molar-refractivity contribution in [1.29, 1.82) is 0 Å². The number of hydrogen-bond acceptors (Lipinski definition) is 1. The maximum atomic E-state index is 3.07. The third-order valence-electron chi connectivity index (χ3n) is 1.60. The Bertz CT molecular complexity index is 280. The summed E-state index contributed by atoms with van der Waals surface area (Å²) in [5.74, 6) is 1.14. The Labute approximate surface area is 72.4 Å². The van der Waals surface area contributed by atoms with Crippen LogP contribution in [0.25, 0.3) is 0 Å². The fraction of sp³-hybridized carbons (Fsp3) is 0.125. The Hall–Kier alpha value is -0.0405. The van der Waals surface area contributed by atoms with Crippen LogP contribution >= 0.6 is 11.8 Å². The van der Waals surface area contributed by atoms with Gasteiger partial charge in [-0.25, -0.2) is 0 Å². The van der Waals surface area contributed by atoms with Gasteiger partial charge in [0.05, 0.1) is 0 Å². The van der Waals surface area contributed by atoms with Crippen molar-refractivity contribution in [2.24, 2.45) is 0 Å². The first-order valence-electron chi connectivity index (χ1n) is 3.13. The van der Waals surface area contributed by atoms with Crippen molar-refractivity contribution in [1.82, 2.24) is 0 Å². The minimum absolute atomic E-state index is 1.14. The van der Waals surface area contributed by atoms with Crippen molar-refractivity contribution in [2.75, 3.05) is 0 Å². The fourth-order valence-electron chi connectivity index (χ4n) is 1.07. The van der Waals surface area contributed by atoms with E-state index >= 15 is 0 Å². The van der Waals surface area contributed by atoms with E-state index in [0.717, 1.165) is 5.75 Å². The normalized spacial score (nSPS) is 15.4. The molecule has 0 saturated carbocycles. The van der Waals surface area contributed by atoms with Crippen LogP contribution in [-0.4, -0.2) is 19.3 Å². The molecule has 0 saturated heterocycles. The number of hydrogen-bond donors (Lipinski definition) is 0. The van der Waals surface area contributed by atoms with E-state index < -0.39 is 0 Å². The maximum absolute atomic E-state index is 3.07. The second kappa shape index (κ2) is 2.54. The Morgan fingerprint density at radius 3 is 2.90 bits per heavy atom. The molecular formula is C8H6SSe. The summed E-state index contributed by atoms with van der Waals surface area (Å²) in [6.45, 7) is 0. The van der Waals surface area contributed by atoms with E-state index in [2.05, 4.69) is 39.8 Å². The van der Waals surface area contributed by atoms with Gasteiger partial charge in [-0.2, -0.15) is 0 Å². The summed E-state index contributed by atoms with van der Waals surface area (Å²) in [6, 6.07) is 8.54. The van der Waals surface area contributed by atoms with E-state index in [1.165, 1.54) is 14.9 Å². The molecule has 50 valence electrons. The van der Waals surface area contributed by atoms with Crippen LogP contribution < -0.4 is 0 Å². The first kappa shape index (κ1) is 6.66. The fourth-order valence-corrected chi connectivity index (χ4v) is 2.75. The molecule has 1 aliphatic heterocycles. The monoisotopic (exact) mass is 214 g/mol. The molecule has 0 spiro atoms. The molecule has 0 fully saturated rings. The second-order valence-corrected chi connectivity index (χ2v) is 4.66. The summed E-state index contributed by atoms with van der Waals surface area (Å²) >= 11 is 4.96. The first-order chi connectivity index (χ1) is 4.88. The van der Waals surface area contributed by atoms with E-state index in [4.69, 9.17) is 0 Å². The van der Waals surface area contributed by atoms with Gasteiger partial charge in [-0.3, -0.25) is 0 Å². The van der Waals surface area contributed by atoms with Gasteiger partial charge < -0.3 is 0 Å². The van der Waals surface area contributed by atoms with Crippen LogP contribution in [0.5, 0.6) is 0 Å². The van der Waals surface area contributed by atoms with Crippen molar-refractivity contribution in [2.45, 2.75) is 5.75 Å². The molecule has 0 radical (unpaired) electrons. The van der Waals surface area contributed by atoms with Gasteiger partial charge in [-0.1, -0.05) is 0 Å². The van der Waals surface area contributed by atoms with Crippen molar-refractivity contribution in [3.63, 3.8) is 0 Å². The van der Waals surface area contributed by atoms with Gasteiger partial charge in [0, 0.05) is 0 Å². The molecule has 10 heavy (non-hydrogen) atoms. The number of fused-ring (bicyclic) bond motifs is 1. The quantitative estimate of drug-likeness (QED) is 0.589. The molecule has 0 nitrogen and oxygen atoms in total. The molecule has 2 rings (SSSR count). The zero-order valence-electron chi connectivity index (χ0n) is 5.33. The van der Waals surface area contributed by atoms with Gasteiger partial charge in [-0.15, -0.1) is 0 Å². The van der Waals surface area contributed by atoms with Crippen LogP contribution in [0.2, 0.25) is 0 Å². The summed E-state index contributed by atoms with van der Waals surface area (Å²) in [5, 5.41) is 0. The molecule has 1 heterocycles. The second-order valence-electron chi connectivity index (χ2n) is 2.23. The van der Waals surface area contributed by atoms with Gasteiger partial charge in [0.2, 0.25) is 0 Å². The van der Waals surface area contributed by atoms with Crippen molar-refractivity contribution in [3.8, 4) is 0 Å². The first-order valence-corrected chi connectivity index (χ1v) is 4.97. The van der Waals surface area contributed by atoms with Gasteiger partial charge in [0.1, 0.15) is 0 Å². The van der Waals surface area contributed by atoms with E-state index in [1.807, 2.05) is 11.8 Å². The third kappa shape index (κ3) is 0.968. The topological polar surface area (TPSA) is 0 Å². The standard InChI is InChI=1S/C8H6SSe/c10-8-7-4-2-1-3-6(7)5-9-8/h1-4H,5H2. The van der Waals surface area contributed by atoms with Crippen LogP contribution in [0.15, 0.2) is 24.3 Å². The molecule has 0 unspecified atom stereocenters. The van der Waals surface area contributed by atoms with Crippen LogP contribution in [0.1, 0.15) is 11.1 Å². The van der Waals surface area contributed by atoms with Crippen LogP contribution in [0.3, 0.4) is 0 Å². The Kier molecular flexibility index (Phi) is 1.69. The summed E-state index contributed by atoms with van der Waals surface area (Å²) < 4.78 is 1.34. The predicted octanol–water partition coefficient (Wildman–Crippen LogP) is 1.58. The molecule has 1 aromatic carbocycles. The Morgan fingerprint density at radius 1 is 1.30 bits per heavy atom. The Balaban J connectivity index is 2.61. The summed E-state index contributed by atoms with van der Waals surface area (Å²) in [4.78, 5) is 0. The molecule has 0 atom stereocenters. The van der Waals surface area contributed by atoms with Crippen molar-refractivity contribution >= 4 is 31.1 Å². The summed E-state index contributed by atoms with van der Waals surface area (Å²) in [7, 11) is 0. The average Bonchev–Trinajstić information content (AvgIpc) is 2.34. The predicted molar refractivity (Wildman–Crippen MR) is 47.6 cm³/mol. The Morgan fingerprint density at radius 2 is 2.10 bits per heavy atom. The van der Waals surface area contributed by atoms with Crippen LogP contribution in [-0.2, 0) is 5.75 Å². The van der Waals surface area contributed by atoms with Crippen molar-refractivity contribution in [3.05, 3.63) is 35.4 Å².